The summed E-state index contributed by atoms with van der Waals surface area (Å²) in [6.45, 7) is 3.79. The zero-order valence-electron chi connectivity index (χ0n) is 13.7. The third-order valence-electron chi connectivity index (χ3n) is 3.22. The summed E-state index contributed by atoms with van der Waals surface area (Å²) < 4.78 is 43.4. The molecule has 6 nitrogen and oxygen atoms in total. The Kier molecular flexibility index (Phi) is 6.96. The lowest BCUT2D eigenvalue weighted by Crippen LogP contribution is -2.51. The van der Waals surface area contributed by atoms with Crippen LogP contribution in [0.2, 0.25) is 0 Å². The van der Waals surface area contributed by atoms with Gasteiger partial charge in [0.15, 0.2) is 0 Å². The van der Waals surface area contributed by atoms with Crippen molar-refractivity contribution in [3.8, 4) is 0 Å². The summed E-state index contributed by atoms with van der Waals surface area (Å²) in [6, 6.07) is 3.82. The summed E-state index contributed by atoms with van der Waals surface area (Å²) >= 11 is 0. The summed E-state index contributed by atoms with van der Waals surface area (Å²) in [5, 5.41) is 2.72. The molecule has 1 N–H and O–H groups in total. The number of rotatable bonds is 8. The average Bonchev–Trinajstić information content (AvgIpc) is 2.44. The Morgan fingerprint density at radius 2 is 1.91 bits per heavy atom. The number of amides is 1. The number of nitrogens with zero attached hydrogens (tertiary/aromatic N) is 1. The number of methoxy groups -OCH3 is 1. The van der Waals surface area contributed by atoms with Crippen molar-refractivity contribution in [2.45, 2.75) is 32.4 Å². The molecule has 0 bridgehead atoms. The first-order chi connectivity index (χ1) is 10.7. The van der Waals surface area contributed by atoms with E-state index in [-0.39, 0.29) is 18.2 Å². The van der Waals surface area contributed by atoms with Crippen LogP contribution in [0.5, 0.6) is 0 Å². The first-order valence-corrected chi connectivity index (χ1v) is 9.09. The van der Waals surface area contributed by atoms with Crippen LogP contribution in [0.25, 0.3) is 0 Å². The van der Waals surface area contributed by atoms with Gasteiger partial charge in [-0.25, -0.2) is 12.8 Å². The minimum absolute atomic E-state index is 0.246. The minimum Gasteiger partial charge on any atom is -0.383 e. The van der Waals surface area contributed by atoms with E-state index < -0.39 is 27.8 Å². The molecule has 0 aliphatic carbocycles. The number of carbonyl (C=O) groups excluding carboxylic acids is 1. The predicted octanol–water partition coefficient (Wildman–Crippen LogP) is 1.52. The van der Waals surface area contributed by atoms with E-state index >= 15 is 0 Å². The van der Waals surface area contributed by atoms with Crippen LogP contribution in [0.4, 0.5) is 10.1 Å². The first kappa shape index (κ1) is 19.4. The number of halogens is 1. The molecule has 1 amide bonds. The van der Waals surface area contributed by atoms with Crippen molar-refractivity contribution in [1.29, 1.82) is 0 Å². The van der Waals surface area contributed by atoms with Crippen LogP contribution in [0.15, 0.2) is 24.3 Å². The van der Waals surface area contributed by atoms with Crippen LogP contribution in [-0.2, 0) is 19.6 Å². The van der Waals surface area contributed by atoms with E-state index in [1.807, 2.05) is 0 Å². The van der Waals surface area contributed by atoms with Gasteiger partial charge in [-0.3, -0.25) is 9.10 Å². The maximum Gasteiger partial charge on any atom is 0.244 e. The molecule has 1 aromatic carbocycles. The smallest absolute Gasteiger partial charge is 0.244 e. The summed E-state index contributed by atoms with van der Waals surface area (Å²) in [4.78, 5) is 12.4. The Balaban J connectivity index is 3.13. The lowest BCUT2D eigenvalue weighted by molar-refractivity contribution is -0.123. The largest absolute Gasteiger partial charge is 0.383 e. The van der Waals surface area contributed by atoms with Crippen LogP contribution in [0.3, 0.4) is 0 Å². The molecule has 0 radical (unpaired) electrons. The van der Waals surface area contributed by atoms with E-state index in [1.165, 1.54) is 19.2 Å². The summed E-state index contributed by atoms with van der Waals surface area (Å²) in [5.74, 6) is -0.903. The predicted molar refractivity (Wildman–Crippen MR) is 87.3 cm³/mol. The fourth-order valence-corrected chi connectivity index (χ4v) is 3.49. The Bertz CT molecular complexity index is 619. The highest BCUT2D eigenvalue weighted by Crippen LogP contribution is 2.22. The second-order valence-electron chi connectivity index (χ2n) is 5.32. The lowest BCUT2D eigenvalue weighted by atomic mass is 10.1. The molecule has 0 aliphatic rings. The van der Waals surface area contributed by atoms with Gasteiger partial charge in [-0.2, -0.15) is 0 Å². The zero-order valence-corrected chi connectivity index (χ0v) is 14.6. The van der Waals surface area contributed by atoms with E-state index in [9.17, 15) is 17.6 Å². The Morgan fingerprint density at radius 1 is 1.35 bits per heavy atom. The molecule has 0 unspecified atom stereocenters. The van der Waals surface area contributed by atoms with E-state index in [0.29, 0.717) is 6.61 Å². The molecule has 1 aromatic rings. The number of anilines is 1. The molecule has 0 fully saturated rings. The minimum atomic E-state index is -3.72. The highest BCUT2D eigenvalue weighted by atomic mass is 32.2. The number of carbonyl (C=O) groups is 1. The average molecular weight is 346 g/mol. The van der Waals surface area contributed by atoms with Crippen molar-refractivity contribution in [3.63, 3.8) is 0 Å². The normalized spacial score (nSPS) is 14.1. The number of hydrogen-bond acceptors (Lipinski definition) is 4. The monoisotopic (exact) mass is 346 g/mol. The van der Waals surface area contributed by atoms with Crippen LogP contribution in [0, 0.1) is 5.82 Å². The first-order valence-electron chi connectivity index (χ1n) is 7.25. The van der Waals surface area contributed by atoms with Gasteiger partial charge in [0.05, 0.1) is 18.6 Å². The van der Waals surface area contributed by atoms with Crippen molar-refractivity contribution in [2.75, 3.05) is 24.3 Å². The van der Waals surface area contributed by atoms with Crippen LogP contribution in [0.1, 0.15) is 20.3 Å². The zero-order chi connectivity index (χ0) is 17.6. The van der Waals surface area contributed by atoms with Gasteiger partial charge in [0.1, 0.15) is 11.9 Å². The van der Waals surface area contributed by atoms with Crippen molar-refractivity contribution < 1.29 is 22.3 Å². The third-order valence-corrected chi connectivity index (χ3v) is 4.40. The second-order valence-corrected chi connectivity index (χ2v) is 7.18. The van der Waals surface area contributed by atoms with Gasteiger partial charge in [0, 0.05) is 13.2 Å². The number of benzene rings is 1. The molecular weight excluding hydrogens is 323 g/mol. The molecule has 0 saturated carbocycles. The molecule has 0 heterocycles. The van der Waals surface area contributed by atoms with Gasteiger partial charge in [0.25, 0.3) is 0 Å². The van der Waals surface area contributed by atoms with Gasteiger partial charge in [-0.05, 0) is 37.6 Å². The molecule has 130 valence electrons. The van der Waals surface area contributed by atoms with Crippen LogP contribution >= 0.6 is 0 Å². The number of sulfonamides is 1. The van der Waals surface area contributed by atoms with Crippen molar-refractivity contribution in [3.05, 3.63) is 30.1 Å². The molecule has 0 aliphatic heterocycles. The molecule has 0 saturated heterocycles. The third kappa shape index (κ3) is 5.47. The second kappa shape index (κ2) is 8.26. The van der Waals surface area contributed by atoms with Gasteiger partial charge >= 0.3 is 0 Å². The van der Waals surface area contributed by atoms with Crippen molar-refractivity contribution >= 4 is 21.6 Å². The topological polar surface area (TPSA) is 75.7 Å². The highest BCUT2D eigenvalue weighted by Gasteiger charge is 2.31. The maximum atomic E-state index is 13.1. The molecule has 0 aromatic heterocycles. The van der Waals surface area contributed by atoms with E-state index in [4.69, 9.17) is 4.74 Å². The number of nitrogens with one attached hydrogen (secondary N) is 1. The molecule has 23 heavy (non-hydrogen) atoms. The maximum absolute atomic E-state index is 13.1. The molecule has 2 atom stereocenters. The molecular formula is C15H23FN2O4S. The molecule has 8 heteroatoms. The van der Waals surface area contributed by atoms with Gasteiger partial charge < -0.3 is 10.1 Å². The standard InChI is InChI=1S/C15H23FN2O4S/c1-5-14(15(19)17-11(2)10-22-3)18(23(4,20)21)13-8-6-12(16)7-9-13/h6-9,11,14H,5,10H2,1-4H3,(H,17,19)/t11-,14-/m0/s1. The lowest BCUT2D eigenvalue weighted by Gasteiger charge is -2.31. The quantitative estimate of drug-likeness (QED) is 0.774. The SMILES string of the molecule is CC[C@@H](C(=O)N[C@@H](C)COC)N(c1ccc(F)cc1)S(C)(=O)=O. The van der Waals surface area contributed by atoms with Gasteiger partial charge in [0.2, 0.25) is 15.9 Å². The summed E-state index contributed by atoms with van der Waals surface area (Å²) in [7, 11) is -2.20. The Labute approximate surface area is 136 Å². The highest BCUT2D eigenvalue weighted by molar-refractivity contribution is 7.92. The fourth-order valence-electron chi connectivity index (χ4n) is 2.28. The van der Waals surface area contributed by atoms with Crippen molar-refractivity contribution in [2.24, 2.45) is 0 Å². The van der Waals surface area contributed by atoms with Crippen molar-refractivity contribution in [1.82, 2.24) is 5.32 Å². The Hall–Kier alpha value is -1.67. The fraction of sp³-hybridized carbons (Fsp3) is 0.533. The van der Waals surface area contributed by atoms with Gasteiger partial charge in [-0.1, -0.05) is 6.92 Å². The molecule has 1 rings (SSSR count). The van der Waals surface area contributed by atoms with Gasteiger partial charge in [-0.15, -0.1) is 0 Å². The van der Waals surface area contributed by atoms with E-state index in [1.54, 1.807) is 13.8 Å². The Morgan fingerprint density at radius 3 is 2.35 bits per heavy atom. The summed E-state index contributed by atoms with van der Waals surface area (Å²) in [5.41, 5.74) is 0.246. The summed E-state index contributed by atoms with van der Waals surface area (Å²) in [6.07, 6.45) is 1.29. The number of hydrogen-bond donors (Lipinski definition) is 1. The van der Waals surface area contributed by atoms with E-state index in [0.717, 1.165) is 22.7 Å². The molecule has 0 spiro atoms. The van der Waals surface area contributed by atoms with Crippen LogP contribution < -0.4 is 9.62 Å². The van der Waals surface area contributed by atoms with E-state index in [2.05, 4.69) is 5.32 Å². The number of ether oxygens (including phenoxy) is 1. The van der Waals surface area contributed by atoms with Crippen LogP contribution in [-0.4, -0.2) is 46.4 Å².